The Morgan fingerprint density at radius 3 is 2.54 bits per heavy atom. The Hall–Kier alpha value is -0.230. The van der Waals surface area contributed by atoms with Crippen molar-refractivity contribution in [2.75, 3.05) is 7.11 Å². The molecule has 13 heavy (non-hydrogen) atoms. The number of pyridine rings is 1. The van der Waals surface area contributed by atoms with Crippen molar-refractivity contribution in [3.8, 4) is 5.88 Å². The Morgan fingerprint density at radius 1 is 1.46 bits per heavy atom. The third-order valence-corrected chi connectivity index (χ3v) is 2.79. The molecule has 0 atom stereocenters. The molecule has 0 amide bonds. The molecule has 1 heterocycles. The van der Waals surface area contributed by atoms with Crippen LogP contribution in [0, 0.1) is 0 Å². The first-order chi connectivity index (χ1) is 6.07. The first-order valence-corrected chi connectivity index (χ1v) is 4.82. The second kappa shape index (κ2) is 4.32. The van der Waals surface area contributed by atoms with E-state index in [0.29, 0.717) is 0 Å². The Morgan fingerprint density at radius 2 is 2.08 bits per heavy atom. The molecule has 0 radical (unpaired) electrons. The van der Waals surface area contributed by atoms with Crippen LogP contribution in [0.25, 0.3) is 0 Å². The highest BCUT2D eigenvalue weighted by Gasteiger charge is 2.19. The molecule has 0 bridgehead atoms. The quantitative estimate of drug-likeness (QED) is 0.832. The predicted octanol–water partition coefficient (Wildman–Crippen LogP) is 3.55. The summed E-state index contributed by atoms with van der Waals surface area (Å²) in [6, 6.07) is 0. The van der Waals surface area contributed by atoms with Crippen molar-refractivity contribution in [3.05, 3.63) is 20.7 Å². The van der Waals surface area contributed by atoms with Gasteiger partial charge in [-0.1, -0.05) is 0 Å². The Balaban J connectivity index is 3.30. The lowest BCUT2D eigenvalue weighted by Crippen LogP contribution is -1.95. The first kappa shape index (κ1) is 10.8. The molecule has 0 aliphatic rings. The lowest BCUT2D eigenvalue weighted by Gasteiger charge is -2.08. The average molecular weight is 317 g/mol. The number of rotatable bonds is 2. The molecule has 0 aliphatic heterocycles. The molecule has 1 rings (SSSR count). The van der Waals surface area contributed by atoms with Crippen molar-refractivity contribution in [2.45, 2.75) is 6.43 Å². The standard InChI is InChI=1S/C7H5Br2F2NO/c1-13-7-5(9)4(6(10)11)3(8)2-12-7/h2,6H,1H3. The van der Waals surface area contributed by atoms with Crippen LogP contribution in [0.1, 0.15) is 12.0 Å². The van der Waals surface area contributed by atoms with Crippen molar-refractivity contribution >= 4 is 31.9 Å². The molecule has 0 N–H and O–H groups in total. The summed E-state index contributed by atoms with van der Waals surface area (Å²) in [5.74, 6) is 0.151. The van der Waals surface area contributed by atoms with E-state index < -0.39 is 6.43 Å². The van der Waals surface area contributed by atoms with Gasteiger partial charge in [-0.2, -0.15) is 0 Å². The molecule has 0 fully saturated rings. The molecule has 0 saturated heterocycles. The van der Waals surface area contributed by atoms with Gasteiger partial charge in [0.2, 0.25) is 5.88 Å². The maximum atomic E-state index is 12.5. The second-order valence-electron chi connectivity index (χ2n) is 2.14. The number of hydrogen-bond donors (Lipinski definition) is 0. The number of ether oxygens (including phenoxy) is 1. The third-order valence-electron chi connectivity index (χ3n) is 1.39. The minimum atomic E-state index is -2.57. The lowest BCUT2D eigenvalue weighted by atomic mass is 10.3. The number of nitrogens with zero attached hydrogens (tertiary/aromatic N) is 1. The van der Waals surface area contributed by atoms with Crippen molar-refractivity contribution in [1.29, 1.82) is 0 Å². The van der Waals surface area contributed by atoms with Gasteiger partial charge in [0.05, 0.1) is 17.1 Å². The Bertz CT molecular complexity index is 320. The van der Waals surface area contributed by atoms with Crippen LogP contribution < -0.4 is 4.74 Å². The van der Waals surface area contributed by atoms with Gasteiger partial charge >= 0.3 is 0 Å². The van der Waals surface area contributed by atoms with Crippen molar-refractivity contribution < 1.29 is 13.5 Å². The van der Waals surface area contributed by atoms with E-state index in [9.17, 15) is 8.78 Å². The highest BCUT2D eigenvalue weighted by molar-refractivity contribution is 9.11. The van der Waals surface area contributed by atoms with Crippen LogP contribution in [-0.4, -0.2) is 12.1 Å². The van der Waals surface area contributed by atoms with E-state index in [1.807, 2.05) is 0 Å². The zero-order valence-electron chi connectivity index (χ0n) is 6.52. The van der Waals surface area contributed by atoms with Crippen LogP contribution in [0.3, 0.4) is 0 Å². The van der Waals surface area contributed by atoms with Crippen LogP contribution in [0.4, 0.5) is 8.78 Å². The van der Waals surface area contributed by atoms with E-state index >= 15 is 0 Å². The maximum Gasteiger partial charge on any atom is 0.266 e. The summed E-state index contributed by atoms with van der Waals surface area (Å²) < 4.78 is 30.1. The molecule has 0 aromatic carbocycles. The van der Waals surface area contributed by atoms with Gasteiger partial charge in [-0.3, -0.25) is 0 Å². The number of halogens is 4. The summed E-state index contributed by atoms with van der Waals surface area (Å²) in [5, 5.41) is 0. The van der Waals surface area contributed by atoms with Gasteiger partial charge in [0.1, 0.15) is 0 Å². The average Bonchev–Trinajstić information content (AvgIpc) is 2.04. The maximum absolute atomic E-state index is 12.5. The Kier molecular flexibility index (Phi) is 3.61. The largest absolute Gasteiger partial charge is 0.480 e. The minimum absolute atomic E-state index is 0.146. The topological polar surface area (TPSA) is 22.1 Å². The van der Waals surface area contributed by atoms with E-state index in [0.717, 1.165) is 0 Å². The summed E-state index contributed by atoms with van der Waals surface area (Å²) in [6.07, 6.45) is -1.29. The number of hydrogen-bond acceptors (Lipinski definition) is 2. The fourth-order valence-corrected chi connectivity index (χ4v) is 2.19. The molecular weight excluding hydrogens is 312 g/mol. The van der Waals surface area contributed by atoms with Gasteiger partial charge in [-0.05, 0) is 31.9 Å². The third kappa shape index (κ3) is 2.17. The summed E-state index contributed by atoms with van der Waals surface area (Å²) >= 11 is 5.98. The number of alkyl halides is 2. The van der Waals surface area contributed by atoms with Crippen molar-refractivity contribution in [2.24, 2.45) is 0 Å². The molecule has 1 aromatic heterocycles. The van der Waals surface area contributed by atoms with Crippen molar-refractivity contribution in [3.63, 3.8) is 0 Å². The van der Waals surface area contributed by atoms with E-state index in [2.05, 4.69) is 36.8 Å². The van der Waals surface area contributed by atoms with Gasteiger partial charge < -0.3 is 4.74 Å². The summed E-state index contributed by atoms with van der Waals surface area (Å²) in [5.41, 5.74) is -0.146. The fraction of sp³-hybridized carbons (Fsp3) is 0.286. The zero-order chi connectivity index (χ0) is 10.0. The van der Waals surface area contributed by atoms with Gasteiger partial charge in [0, 0.05) is 10.7 Å². The van der Waals surface area contributed by atoms with Crippen LogP contribution in [-0.2, 0) is 0 Å². The van der Waals surface area contributed by atoms with Gasteiger partial charge in [0.15, 0.2) is 0 Å². The molecule has 0 spiro atoms. The predicted molar refractivity (Wildman–Crippen MR) is 51.1 cm³/mol. The van der Waals surface area contributed by atoms with Crippen LogP contribution in [0.2, 0.25) is 0 Å². The van der Waals surface area contributed by atoms with E-state index in [-0.39, 0.29) is 20.4 Å². The molecule has 2 nitrogen and oxygen atoms in total. The molecule has 0 unspecified atom stereocenters. The first-order valence-electron chi connectivity index (χ1n) is 3.24. The molecule has 0 saturated carbocycles. The zero-order valence-corrected chi connectivity index (χ0v) is 9.69. The van der Waals surface area contributed by atoms with E-state index in [4.69, 9.17) is 4.74 Å². The molecule has 6 heteroatoms. The fourth-order valence-electron chi connectivity index (χ4n) is 0.804. The van der Waals surface area contributed by atoms with Crippen LogP contribution in [0.15, 0.2) is 15.1 Å². The Labute approximate surface area is 90.6 Å². The van der Waals surface area contributed by atoms with Gasteiger partial charge in [-0.15, -0.1) is 0 Å². The molecular formula is C7H5Br2F2NO. The van der Waals surface area contributed by atoms with Crippen LogP contribution >= 0.6 is 31.9 Å². The smallest absolute Gasteiger partial charge is 0.266 e. The minimum Gasteiger partial charge on any atom is -0.480 e. The molecule has 1 aromatic rings. The molecule has 72 valence electrons. The normalized spacial score (nSPS) is 10.6. The summed E-state index contributed by atoms with van der Waals surface area (Å²) in [6.45, 7) is 0. The second-order valence-corrected chi connectivity index (χ2v) is 3.79. The van der Waals surface area contributed by atoms with Crippen molar-refractivity contribution in [1.82, 2.24) is 4.98 Å². The van der Waals surface area contributed by atoms with Gasteiger partial charge in [-0.25, -0.2) is 13.8 Å². The van der Waals surface area contributed by atoms with Gasteiger partial charge in [0.25, 0.3) is 6.43 Å². The lowest BCUT2D eigenvalue weighted by molar-refractivity contribution is 0.149. The summed E-state index contributed by atoms with van der Waals surface area (Å²) in [4.78, 5) is 3.79. The van der Waals surface area contributed by atoms with Crippen LogP contribution in [0.5, 0.6) is 5.88 Å². The highest BCUT2D eigenvalue weighted by atomic mass is 79.9. The van der Waals surface area contributed by atoms with E-state index in [1.165, 1.54) is 13.3 Å². The number of aromatic nitrogens is 1. The number of methoxy groups -OCH3 is 1. The SMILES string of the molecule is COc1ncc(Br)c(C(F)F)c1Br. The highest BCUT2D eigenvalue weighted by Crippen LogP contribution is 2.37. The summed E-state index contributed by atoms with van der Waals surface area (Å²) in [7, 11) is 1.37. The van der Waals surface area contributed by atoms with E-state index in [1.54, 1.807) is 0 Å². The molecule has 0 aliphatic carbocycles. The monoisotopic (exact) mass is 315 g/mol.